The SMILES string of the molecule is CCN(CC)C(C)(C)C(O)c1ncccc1OC. The molecule has 0 aliphatic rings. The van der Waals surface area contributed by atoms with Crippen LogP contribution in [0.3, 0.4) is 0 Å². The lowest BCUT2D eigenvalue weighted by molar-refractivity contribution is -0.00989. The Morgan fingerprint density at radius 3 is 2.50 bits per heavy atom. The van der Waals surface area contributed by atoms with Gasteiger partial charge in [0.1, 0.15) is 17.5 Å². The predicted octanol–water partition coefficient (Wildman–Crippen LogP) is 2.24. The van der Waals surface area contributed by atoms with Gasteiger partial charge in [-0.3, -0.25) is 9.88 Å². The van der Waals surface area contributed by atoms with Gasteiger partial charge in [0, 0.05) is 11.7 Å². The van der Waals surface area contributed by atoms with Crippen LogP contribution in [0.25, 0.3) is 0 Å². The fraction of sp³-hybridized carbons (Fsp3) is 0.643. The quantitative estimate of drug-likeness (QED) is 0.843. The minimum absolute atomic E-state index is 0.384. The predicted molar refractivity (Wildman–Crippen MR) is 72.7 cm³/mol. The van der Waals surface area contributed by atoms with Crippen molar-refractivity contribution in [3.05, 3.63) is 24.0 Å². The highest BCUT2D eigenvalue weighted by Gasteiger charge is 2.36. The van der Waals surface area contributed by atoms with Crippen LogP contribution in [0.4, 0.5) is 0 Å². The van der Waals surface area contributed by atoms with Crippen molar-refractivity contribution >= 4 is 0 Å². The molecule has 0 saturated heterocycles. The molecule has 1 atom stereocenters. The molecular formula is C14H24N2O2. The number of hydrogen-bond donors (Lipinski definition) is 1. The van der Waals surface area contributed by atoms with E-state index in [-0.39, 0.29) is 5.54 Å². The normalized spacial score (nSPS) is 13.7. The molecule has 1 aromatic rings. The molecule has 18 heavy (non-hydrogen) atoms. The van der Waals surface area contributed by atoms with Gasteiger partial charge in [0.2, 0.25) is 0 Å². The summed E-state index contributed by atoms with van der Waals surface area (Å²) in [5.74, 6) is 0.630. The molecule has 0 radical (unpaired) electrons. The van der Waals surface area contributed by atoms with Crippen LogP contribution in [0.1, 0.15) is 39.5 Å². The monoisotopic (exact) mass is 252 g/mol. The van der Waals surface area contributed by atoms with E-state index < -0.39 is 6.10 Å². The summed E-state index contributed by atoms with van der Waals surface area (Å²) in [4.78, 5) is 6.48. The molecule has 0 aliphatic carbocycles. The number of methoxy groups -OCH3 is 1. The number of ether oxygens (including phenoxy) is 1. The van der Waals surface area contributed by atoms with E-state index >= 15 is 0 Å². The van der Waals surface area contributed by atoms with Gasteiger partial charge in [-0.05, 0) is 39.1 Å². The molecule has 0 spiro atoms. The first-order valence-electron chi connectivity index (χ1n) is 6.41. The van der Waals surface area contributed by atoms with Crippen molar-refractivity contribution in [3.8, 4) is 5.75 Å². The molecule has 102 valence electrons. The topological polar surface area (TPSA) is 45.6 Å². The van der Waals surface area contributed by atoms with Gasteiger partial charge < -0.3 is 9.84 Å². The third-order valence-corrected chi connectivity index (χ3v) is 3.53. The fourth-order valence-corrected chi connectivity index (χ4v) is 2.33. The van der Waals surface area contributed by atoms with Crippen LogP contribution in [0.15, 0.2) is 18.3 Å². The number of likely N-dealkylation sites (N-methyl/N-ethyl adjacent to an activating group) is 1. The third kappa shape index (κ3) is 2.82. The van der Waals surface area contributed by atoms with E-state index in [1.54, 1.807) is 19.4 Å². The van der Waals surface area contributed by atoms with E-state index in [4.69, 9.17) is 4.74 Å². The molecule has 1 aromatic heterocycles. The van der Waals surface area contributed by atoms with Gasteiger partial charge >= 0.3 is 0 Å². The van der Waals surface area contributed by atoms with Gasteiger partial charge in [-0.15, -0.1) is 0 Å². The van der Waals surface area contributed by atoms with Crippen LogP contribution in [0.5, 0.6) is 5.75 Å². The highest BCUT2D eigenvalue weighted by Crippen LogP contribution is 2.34. The van der Waals surface area contributed by atoms with Crippen molar-refractivity contribution in [1.29, 1.82) is 0 Å². The first-order valence-corrected chi connectivity index (χ1v) is 6.41. The van der Waals surface area contributed by atoms with Crippen molar-refractivity contribution in [3.63, 3.8) is 0 Å². The second-order valence-corrected chi connectivity index (χ2v) is 4.82. The molecule has 1 N–H and O–H groups in total. The molecular weight excluding hydrogens is 228 g/mol. The lowest BCUT2D eigenvalue weighted by atomic mass is 9.91. The maximum absolute atomic E-state index is 10.6. The van der Waals surface area contributed by atoms with Crippen LogP contribution in [-0.4, -0.2) is 40.7 Å². The lowest BCUT2D eigenvalue weighted by Gasteiger charge is -2.40. The third-order valence-electron chi connectivity index (χ3n) is 3.53. The summed E-state index contributed by atoms with van der Waals surface area (Å²) in [6.07, 6.45) is 0.993. The van der Waals surface area contributed by atoms with E-state index in [1.807, 2.05) is 19.9 Å². The van der Waals surface area contributed by atoms with E-state index in [0.29, 0.717) is 11.4 Å². The largest absolute Gasteiger partial charge is 0.495 e. The van der Waals surface area contributed by atoms with Crippen LogP contribution in [0, 0.1) is 0 Å². The maximum atomic E-state index is 10.6. The van der Waals surface area contributed by atoms with Crippen molar-refractivity contribution in [2.75, 3.05) is 20.2 Å². The van der Waals surface area contributed by atoms with Crippen LogP contribution in [0.2, 0.25) is 0 Å². The molecule has 4 heteroatoms. The van der Waals surface area contributed by atoms with Crippen molar-refractivity contribution in [1.82, 2.24) is 9.88 Å². The average molecular weight is 252 g/mol. The highest BCUT2D eigenvalue weighted by molar-refractivity contribution is 5.30. The van der Waals surface area contributed by atoms with Crippen LogP contribution >= 0.6 is 0 Å². The molecule has 0 bridgehead atoms. The molecule has 0 aromatic carbocycles. The summed E-state index contributed by atoms with van der Waals surface area (Å²) in [5, 5.41) is 10.6. The molecule has 1 unspecified atom stereocenters. The van der Waals surface area contributed by atoms with E-state index in [1.165, 1.54) is 0 Å². The molecule has 0 amide bonds. The highest BCUT2D eigenvalue weighted by atomic mass is 16.5. The van der Waals surface area contributed by atoms with Crippen molar-refractivity contribution in [2.24, 2.45) is 0 Å². The first-order chi connectivity index (χ1) is 8.48. The summed E-state index contributed by atoms with van der Waals surface area (Å²) < 4.78 is 5.27. The summed E-state index contributed by atoms with van der Waals surface area (Å²) in [6.45, 7) is 10.0. The zero-order chi connectivity index (χ0) is 13.8. The van der Waals surface area contributed by atoms with Gasteiger partial charge in [-0.2, -0.15) is 0 Å². The standard InChI is InChI=1S/C14H24N2O2/c1-6-16(7-2)14(3,4)13(17)12-11(18-5)9-8-10-15-12/h8-10,13,17H,6-7H2,1-5H3. The zero-order valence-corrected chi connectivity index (χ0v) is 12.0. The van der Waals surface area contributed by atoms with Crippen molar-refractivity contribution < 1.29 is 9.84 Å². The lowest BCUT2D eigenvalue weighted by Crippen LogP contribution is -2.48. The van der Waals surface area contributed by atoms with Crippen LogP contribution < -0.4 is 4.74 Å². The first kappa shape index (κ1) is 14.9. The summed E-state index contributed by atoms with van der Waals surface area (Å²) in [6, 6.07) is 3.63. The molecule has 1 heterocycles. The Bertz CT molecular complexity index is 376. The van der Waals surface area contributed by atoms with Gasteiger partial charge in [-0.1, -0.05) is 13.8 Å². The Balaban J connectivity index is 3.08. The fourth-order valence-electron chi connectivity index (χ4n) is 2.33. The molecule has 0 saturated carbocycles. The summed E-state index contributed by atoms with van der Waals surface area (Å²) in [5.41, 5.74) is 0.211. The Kier molecular flexibility index (Phi) is 5.11. The average Bonchev–Trinajstić information content (AvgIpc) is 2.38. The molecule has 0 fully saturated rings. The number of nitrogens with zero attached hydrogens (tertiary/aromatic N) is 2. The smallest absolute Gasteiger partial charge is 0.143 e. The number of hydrogen-bond acceptors (Lipinski definition) is 4. The Hall–Kier alpha value is -1.13. The Labute approximate surface area is 110 Å². The Morgan fingerprint density at radius 1 is 1.39 bits per heavy atom. The second kappa shape index (κ2) is 6.16. The van der Waals surface area contributed by atoms with Gasteiger partial charge in [0.05, 0.1) is 7.11 Å². The van der Waals surface area contributed by atoms with Crippen molar-refractivity contribution in [2.45, 2.75) is 39.3 Å². The molecule has 1 rings (SSSR count). The Morgan fingerprint density at radius 2 is 2.00 bits per heavy atom. The van der Waals surface area contributed by atoms with Gasteiger partial charge in [-0.25, -0.2) is 0 Å². The second-order valence-electron chi connectivity index (χ2n) is 4.82. The summed E-state index contributed by atoms with van der Waals surface area (Å²) in [7, 11) is 1.59. The number of pyridine rings is 1. The maximum Gasteiger partial charge on any atom is 0.143 e. The number of aliphatic hydroxyl groups is 1. The minimum atomic E-state index is -0.687. The van der Waals surface area contributed by atoms with Gasteiger partial charge in [0.15, 0.2) is 0 Å². The number of rotatable bonds is 6. The molecule has 4 nitrogen and oxygen atoms in total. The molecule has 0 aliphatic heterocycles. The summed E-state index contributed by atoms with van der Waals surface area (Å²) >= 11 is 0. The number of aliphatic hydroxyl groups excluding tert-OH is 1. The van der Waals surface area contributed by atoms with Gasteiger partial charge in [0.25, 0.3) is 0 Å². The van der Waals surface area contributed by atoms with E-state index in [9.17, 15) is 5.11 Å². The minimum Gasteiger partial charge on any atom is -0.495 e. The number of aromatic nitrogens is 1. The van der Waals surface area contributed by atoms with Crippen LogP contribution in [-0.2, 0) is 0 Å². The van der Waals surface area contributed by atoms with E-state index in [2.05, 4.69) is 23.7 Å². The van der Waals surface area contributed by atoms with E-state index in [0.717, 1.165) is 13.1 Å². The zero-order valence-electron chi connectivity index (χ0n) is 12.0.